The number of hydrogen-bond acceptors (Lipinski definition) is 7. The van der Waals surface area contributed by atoms with Crippen molar-refractivity contribution in [1.29, 1.82) is 0 Å². The van der Waals surface area contributed by atoms with E-state index in [-0.39, 0.29) is 32.1 Å². The summed E-state index contributed by atoms with van der Waals surface area (Å²) >= 11 is 0. The second-order valence-electron chi connectivity index (χ2n) is 15.0. The van der Waals surface area contributed by atoms with Crippen LogP contribution in [0.4, 0.5) is 0 Å². The highest BCUT2D eigenvalue weighted by atomic mass is 31.2. The molecule has 0 bridgehead atoms. The summed E-state index contributed by atoms with van der Waals surface area (Å²) in [5.41, 5.74) is 0. The highest BCUT2D eigenvalue weighted by Crippen LogP contribution is 2.42. The molecule has 0 fully saturated rings. The van der Waals surface area contributed by atoms with Gasteiger partial charge in [0, 0.05) is 19.4 Å². The highest BCUT2D eigenvalue weighted by molar-refractivity contribution is 7.47. The van der Waals surface area contributed by atoms with Crippen LogP contribution >= 0.6 is 7.82 Å². The van der Waals surface area contributed by atoms with Crippen LogP contribution in [0.1, 0.15) is 200 Å². The van der Waals surface area contributed by atoms with Gasteiger partial charge in [0.25, 0.3) is 0 Å². The van der Waals surface area contributed by atoms with E-state index >= 15 is 0 Å². The first-order valence-corrected chi connectivity index (χ1v) is 24.1. The number of carbonyl (C=O) groups excluding carboxylic acids is 2. The van der Waals surface area contributed by atoms with Crippen LogP contribution in [-0.4, -0.2) is 54.3 Å². The summed E-state index contributed by atoms with van der Waals surface area (Å²) in [5, 5.41) is 12.7. The van der Waals surface area contributed by atoms with Crippen molar-refractivity contribution in [3.63, 3.8) is 0 Å². The van der Waals surface area contributed by atoms with Crippen LogP contribution in [0.25, 0.3) is 0 Å². The van der Waals surface area contributed by atoms with E-state index < -0.39 is 26.5 Å². The van der Waals surface area contributed by atoms with E-state index in [0.717, 1.165) is 44.9 Å². The number of unbranched alkanes of at least 4 members (excludes halogenated alkanes) is 21. The zero-order valence-electron chi connectivity index (χ0n) is 35.8. The van der Waals surface area contributed by atoms with Crippen molar-refractivity contribution in [3.05, 3.63) is 48.6 Å². The quantitative estimate of drug-likeness (QED) is 0.0240. The normalized spacial score (nSPS) is 13.7. The molecule has 0 spiro atoms. The number of nitrogens with one attached hydrogen (secondary N) is 1. The molecule has 0 saturated heterocycles. The maximum Gasteiger partial charge on any atom is 0.472 e. The van der Waals surface area contributed by atoms with Gasteiger partial charge in [0.2, 0.25) is 5.91 Å². The largest absolute Gasteiger partial charge is 0.472 e. The van der Waals surface area contributed by atoms with E-state index in [1.54, 1.807) is 0 Å². The summed E-state index contributed by atoms with van der Waals surface area (Å²) in [6, 6.07) is 0. The van der Waals surface area contributed by atoms with Gasteiger partial charge in [-0.05, 0) is 51.4 Å². The Morgan fingerprint density at radius 3 is 1.48 bits per heavy atom. The van der Waals surface area contributed by atoms with Crippen LogP contribution < -0.4 is 5.32 Å². The summed E-state index contributed by atoms with van der Waals surface area (Å²) in [7, 11) is -4.43. The number of amides is 1. The molecule has 0 aromatic rings. The van der Waals surface area contributed by atoms with Gasteiger partial charge in [0.05, 0.1) is 13.2 Å². The molecule has 0 radical (unpaired) electrons. The number of ether oxygens (including phenoxy) is 1. The van der Waals surface area contributed by atoms with Crippen LogP contribution in [-0.2, 0) is 27.9 Å². The molecule has 0 aromatic carbocycles. The Labute approximate surface area is 343 Å². The minimum absolute atomic E-state index is 0.0764. The van der Waals surface area contributed by atoms with Gasteiger partial charge in [-0.15, -0.1) is 0 Å². The molecule has 0 saturated carbocycles. The molecular formula is C46H84NO8P. The third-order valence-corrected chi connectivity index (χ3v) is 10.5. The molecule has 10 heteroatoms. The second kappa shape index (κ2) is 42.6. The zero-order chi connectivity index (χ0) is 41.1. The number of phosphoric ester groups is 1. The fourth-order valence-electron chi connectivity index (χ4n) is 6.08. The van der Waals surface area contributed by atoms with Crippen molar-refractivity contribution < 1.29 is 37.9 Å². The molecule has 0 aliphatic carbocycles. The lowest BCUT2D eigenvalue weighted by Gasteiger charge is -2.15. The van der Waals surface area contributed by atoms with Crippen molar-refractivity contribution in [1.82, 2.24) is 5.32 Å². The van der Waals surface area contributed by atoms with E-state index in [9.17, 15) is 24.2 Å². The van der Waals surface area contributed by atoms with E-state index in [1.165, 1.54) is 122 Å². The zero-order valence-corrected chi connectivity index (χ0v) is 36.7. The highest BCUT2D eigenvalue weighted by Gasteiger charge is 2.23. The van der Waals surface area contributed by atoms with Crippen molar-refractivity contribution in [2.45, 2.75) is 206 Å². The van der Waals surface area contributed by atoms with Gasteiger partial charge < -0.3 is 20.1 Å². The summed E-state index contributed by atoms with van der Waals surface area (Å²) in [4.78, 5) is 33.9. The number of carbonyl (C=O) groups is 2. The predicted octanol–water partition coefficient (Wildman–Crippen LogP) is 12.7. The molecule has 56 heavy (non-hydrogen) atoms. The lowest BCUT2D eigenvalue weighted by Crippen LogP contribution is -2.27. The predicted molar refractivity (Wildman–Crippen MR) is 234 cm³/mol. The standard InChI is InChI=1S/C46H84NO8P/c1-3-5-7-9-11-13-15-17-19-21-23-24-26-28-30-32-34-36-38-45(49)47-40-41-54-56(51,52)55-43-44(48)42-53-46(50)39-37-35-33-31-29-27-25-22-20-18-16-14-12-10-8-6-4-2/h12,14,18,20,25,27,31,33,44,48H,3-11,13,15-17,19,21-24,26,28-30,32,34-43H2,1-2H3,(H,47,49)(H,51,52)/b14-12-,20-18-,27-25-,33-31-. The molecule has 9 nitrogen and oxygen atoms in total. The molecule has 0 aliphatic heterocycles. The third-order valence-electron chi connectivity index (χ3n) is 9.51. The summed E-state index contributed by atoms with van der Waals surface area (Å²) in [6.45, 7) is 3.48. The Kier molecular flexibility index (Phi) is 41.0. The SMILES string of the molecule is CCCCC/C=C\C/C=C\C/C=C\C/C=C\CCCC(=O)OCC(O)COP(=O)(O)OCCNC(=O)CCCCCCCCCCCCCCCCCCCC. The Balaban J connectivity index is 3.65. The summed E-state index contributed by atoms with van der Waals surface area (Å²) < 4.78 is 26.8. The van der Waals surface area contributed by atoms with Gasteiger partial charge >= 0.3 is 13.8 Å². The van der Waals surface area contributed by atoms with Crippen molar-refractivity contribution in [2.24, 2.45) is 0 Å². The Morgan fingerprint density at radius 2 is 0.982 bits per heavy atom. The number of phosphoric acid groups is 1. The van der Waals surface area contributed by atoms with Crippen LogP contribution in [0.3, 0.4) is 0 Å². The van der Waals surface area contributed by atoms with Gasteiger partial charge in [0.15, 0.2) is 0 Å². The van der Waals surface area contributed by atoms with Gasteiger partial charge in [-0.25, -0.2) is 4.57 Å². The van der Waals surface area contributed by atoms with Crippen molar-refractivity contribution in [2.75, 3.05) is 26.4 Å². The average Bonchev–Trinajstić information content (AvgIpc) is 3.18. The van der Waals surface area contributed by atoms with Gasteiger partial charge in [-0.2, -0.15) is 0 Å². The van der Waals surface area contributed by atoms with Crippen LogP contribution in [0.2, 0.25) is 0 Å². The lowest BCUT2D eigenvalue weighted by atomic mass is 10.0. The van der Waals surface area contributed by atoms with Crippen molar-refractivity contribution >= 4 is 19.7 Å². The minimum atomic E-state index is -4.43. The fourth-order valence-corrected chi connectivity index (χ4v) is 6.84. The first kappa shape index (κ1) is 54.0. The summed E-state index contributed by atoms with van der Waals surface area (Å²) in [5.74, 6) is -0.570. The van der Waals surface area contributed by atoms with Crippen LogP contribution in [0.5, 0.6) is 0 Å². The number of esters is 1. The van der Waals surface area contributed by atoms with E-state index in [4.69, 9.17) is 13.8 Å². The van der Waals surface area contributed by atoms with E-state index in [2.05, 4.69) is 61.7 Å². The van der Waals surface area contributed by atoms with Crippen molar-refractivity contribution in [3.8, 4) is 0 Å². The fraction of sp³-hybridized carbons (Fsp3) is 0.783. The van der Waals surface area contributed by atoms with Gasteiger partial charge in [-0.1, -0.05) is 184 Å². The molecule has 0 aliphatic rings. The van der Waals surface area contributed by atoms with E-state index in [1.807, 2.05) is 6.08 Å². The first-order chi connectivity index (χ1) is 27.3. The monoisotopic (exact) mass is 810 g/mol. The molecule has 0 aromatic heterocycles. The number of rotatable bonds is 42. The molecule has 0 heterocycles. The Bertz CT molecular complexity index is 1060. The minimum Gasteiger partial charge on any atom is -0.463 e. The molecule has 0 rings (SSSR count). The maximum atomic E-state index is 12.1. The van der Waals surface area contributed by atoms with Gasteiger partial charge in [-0.3, -0.25) is 18.6 Å². The smallest absolute Gasteiger partial charge is 0.463 e. The van der Waals surface area contributed by atoms with Crippen LogP contribution in [0, 0.1) is 0 Å². The topological polar surface area (TPSA) is 131 Å². The van der Waals surface area contributed by atoms with Crippen LogP contribution in [0.15, 0.2) is 48.6 Å². The molecule has 2 atom stereocenters. The third kappa shape index (κ3) is 43.1. The Morgan fingerprint density at radius 1 is 0.554 bits per heavy atom. The number of aliphatic hydroxyl groups is 1. The Hall–Kier alpha value is -2.03. The number of hydrogen-bond donors (Lipinski definition) is 3. The molecule has 326 valence electrons. The number of aliphatic hydroxyl groups excluding tert-OH is 1. The molecule has 1 amide bonds. The van der Waals surface area contributed by atoms with E-state index in [0.29, 0.717) is 12.8 Å². The lowest BCUT2D eigenvalue weighted by molar-refractivity contribution is -0.147. The first-order valence-electron chi connectivity index (χ1n) is 22.6. The molecular weight excluding hydrogens is 725 g/mol. The van der Waals surface area contributed by atoms with Gasteiger partial charge in [0.1, 0.15) is 12.7 Å². The summed E-state index contributed by atoms with van der Waals surface area (Å²) in [6.07, 6.45) is 49.0. The molecule has 2 unspecified atom stereocenters. The number of allylic oxidation sites excluding steroid dienone is 8. The maximum absolute atomic E-state index is 12.1. The second-order valence-corrected chi connectivity index (χ2v) is 16.5. The molecule has 3 N–H and O–H groups in total. The average molecular weight is 810 g/mol.